The molecule has 0 saturated carbocycles. The van der Waals surface area contributed by atoms with Crippen LogP contribution in [0.4, 0.5) is 26.1 Å². The molecule has 0 bridgehead atoms. The zero-order chi connectivity index (χ0) is 21.0. The number of piperidine rings is 1. The molecule has 3 heterocycles. The summed E-state index contributed by atoms with van der Waals surface area (Å²) < 4.78 is 56.9. The number of amides is 1. The summed E-state index contributed by atoms with van der Waals surface area (Å²) in [5.74, 6) is -2.98. The van der Waals surface area contributed by atoms with Crippen LogP contribution >= 0.6 is 0 Å². The van der Waals surface area contributed by atoms with E-state index in [1.165, 1.54) is 37.7 Å². The monoisotopic (exact) mass is 425 g/mol. The Morgan fingerprint density at radius 3 is 2.59 bits per heavy atom. The normalized spacial score (nSPS) is 15.5. The summed E-state index contributed by atoms with van der Waals surface area (Å²) in [6.45, 7) is 0.0854. The zero-order valence-corrected chi connectivity index (χ0v) is 16.1. The van der Waals surface area contributed by atoms with Gasteiger partial charge in [-0.3, -0.25) is 4.79 Å². The van der Waals surface area contributed by atoms with Gasteiger partial charge in [-0.15, -0.1) is 4.36 Å². The summed E-state index contributed by atoms with van der Waals surface area (Å²) in [6.07, 6.45) is 2.04. The predicted octanol–water partition coefficient (Wildman–Crippen LogP) is 2.67. The van der Waals surface area contributed by atoms with Crippen molar-refractivity contribution in [1.82, 2.24) is 9.97 Å². The number of rotatable bonds is 5. The van der Waals surface area contributed by atoms with Crippen LogP contribution < -0.4 is 15.0 Å². The molecule has 0 spiro atoms. The lowest BCUT2D eigenvalue weighted by atomic mass is 10.1. The SMILES string of the molecule is COc1ccnc(N2CCC(F)(F)CC2)c1C(=O)Nc1ccnc(N=S(=O)=O)c1. The highest BCUT2D eigenvalue weighted by Crippen LogP contribution is 2.34. The number of alkyl halides is 2. The molecule has 2 aromatic rings. The third kappa shape index (κ3) is 5.02. The molecule has 0 atom stereocenters. The number of hydrogen-bond donors (Lipinski definition) is 1. The van der Waals surface area contributed by atoms with E-state index in [-0.39, 0.29) is 54.6 Å². The van der Waals surface area contributed by atoms with Gasteiger partial charge in [-0.2, -0.15) is 8.42 Å². The minimum atomic E-state index is -2.74. The van der Waals surface area contributed by atoms with Gasteiger partial charge < -0.3 is 15.0 Å². The molecule has 29 heavy (non-hydrogen) atoms. The fraction of sp³-hybridized carbons (Fsp3) is 0.353. The fourth-order valence-electron chi connectivity index (χ4n) is 2.92. The zero-order valence-electron chi connectivity index (χ0n) is 15.3. The van der Waals surface area contributed by atoms with Crippen LogP contribution in [0.25, 0.3) is 0 Å². The summed E-state index contributed by atoms with van der Waals surface area (Å²) in [6, 6.07) is 4.22. The second-order valence-electron chi connectivity index (χ2n) is 6.22. The summed E-state index contributed by atoms with van der Waals surface area (Å²) in [5.41, 5.74) is 0.333. The number of nitrogens with zero attached hydrogens (tertiary/aromatic N) is 4. The Morgan fingerprint density at radius 1 is 1.24 bits per heavy atom. The van der Waals surface area contributed by atoms with Crippen LogP contribution in [0.2, 0.25) is 0 Å². The highest BCUT2D eigenvalue weighted by molar-refractivity contribution is 7.61. The van der Waals surface area contributed by atoms with Gasteiger partial charge in [0.15, 0.2) is 5.82 Å². The molecule has 0 aliphatic carbocycles. The van der Waals surface area contributed by atoms with Gasteiger partial charge in [0.05, 0.1) is 7.11 Å². The number of carbonyl (C=O) groups excluding carboxylic acids is 1. The Hall–Kier alpha value is -3.15. The van der Waals surface area contributed by atoms with E-state index >= 15 is 0 Å². The first-order valence-electron chi connectivity index (χ1n) is 8.53. The Balaban J connectivity index is 1.91. The lowest BCUT2D eigenvalue weighted by Gasteiger charge is -2.33. The third-order valence-corrected chi connectivity index (χ3v) is 4.64. The Morgan fingerprint density at radius 2 is 1.93 bits per heavy atom. The van der Waals surface area contributed by atoms with Crippen molar-refractivity contribution < 1.29 is 26.7 Å². The van der Waals surface area contributed by atoms with E-state index in [0.717, 1.165) is 0 Å². The summed E-state index contributed by atoms with van der Waals surface area (Å²) >= 11 is 0. The molecule has 1 N–H and O–H groups in total. The van der Waals surface area contributed by atoms with Crippen LogP contribution in [-0.4, -0.2) is 50.4 Å². The number of aromatic nitrogens is 2. The molecule has 3 rings (SSSR count). The number of ether oxygens (including phenoxy) is 1. The maximum Gasteiger partial charge on any atom is 0.317 e. The number of pyridine rings is 2. The van der Waals surface area contributed by atoms with Gasteiger partial charge in [-0.05, 0) is 12.1 Å². The van der Waals surface area contributed by atoms with Crippen molar-refractivity contribution >= 4 is 33.7 Å². The van der Waals surface area contributed by atoms with E-state index in [2.05, 4.69) is 19.6 Å². The van der Waals surface area contributed by atoms with Crippen molar-refractivity contribution in [3.63, 3.8) is 0 Å². The minimum absolute atomic E-state index is 0.0427. The van der Waals surface area contributed by atoms with Gasteiger partial charge in [-0.1, -0.05) is 0 Å². The van der Waals surface area contributed by atoms with Crippen LogP contribution in [0.5, 0.6) is 5.75 Å². The summed E-state index contributed by atoms with van der Waals surface area (Å²) in [7, 11) is -1.31. The molecule has 2 aromatic heterocycles. The molecular formula is C17H17F2N5O4S. The predicted molar refractivity (Wildman–Crippen MR) is 100 cm³/mol. The van der Waals surface area contributed by atoms with E-state index in [4.69, 9.17) is 4.74 Å². The molecule has 154 valence electrons. The van der Waals surface area contributed by atoms with Crippen molar-refractivity contribution in [2.45, 2.75) is 18.8 Å². The second-order valence-corrected chi connectivity index (χ2v) is 6.84. The Bertz CT molecular complexity index is 1040. The topological polar surface area (TPSA) is 114 Å². The lowest BCUT2D eigenvalue weighted by molar-refractivity contribution is -0.0221. The molecule has 0 unspecified atom stereocenters. The molecule has 12 heteroatoms. The fourth-order valence-corrected chi connectivity index (χ4v) is 3.17. The van der Waals surface area contributed by atoms with E-state index in [1.54, 1.807) is 4.90 Å². The first kappa shape index (κ1) is 20.6. The van der Waals surface area contributed by atoms with E-state index in [9.17, 15) is 22.0 Å². The highest BCUT2D eigenvalue weighted by atomic mass is 32.2. The van der Waals surface area contributed by atoms with Gasteiger partial charge in [0.1, 0.15) is 17.1 Å². The number of nitrogens with one attached hydrogen (secondary N) is 1. The van der Waals surface area contributed by atoms with Crippen LogP contribution in [0.3, 0.4) is 0 Å². The third-order valence-electron chi connectivity index (χ3n) is 4.31. The molecule has 0 radical (unpaired) electrons. The smallest absolute Gasteiger partial charge is 0.317 e. The van der Waals surface area contributed by atoms with Crippen molar-refractivity contribution in [2.75, 3.05) is 30.4 Å². The minimum Gasteiger partial charge on any atom is -0.496 e. The number of anilines is 2. The van der Waals surface area contributed by atoms with Gasteiger partial charge >= 0.3 is 10.5 Å². The standard InChI is InChI=1S/C17H17F2N5O4S/c1-28-12-3-7-21-15(24-8-4-17(18,19)5-9-24)14(12)16(25)22-11-2-6-20-13(10-11)23-29(26)27/h2-3,6-7,10H,4-5,8-9H2,1H3,(H,20,22,25). The maximum atomic E-state index is 13.5. The molecule has 1 fully saturated rings. The molecule has 9 nitrogen and oxygen atoms in total. The molecule has 1 saturated heterocycles. The van der Waals surface area contributed by atoms with Crippen LogP contribution in [0, 0.1) is 0 Å². The number of hydrogen-bond acceptors (Lipinski definition) is 8. The average molecular weight is 425 g/mol. The highest BCUT2D eigenvalue weighted by Gasteiger charge is 2.36. The van der Waals surface area contributed by atoms with Crippen molar-refractivity contribution in [3.05, 3.63) is 36.2 Å². The van der Waals surface area contributed by atoms with Crippen LogP contribution in [0.1, 0.15) is 23.2 Å². The van der Waals surface area contributed by atoms with Gasteiger partial charge in [0.25, 0.3) is 11.8 Å². The maximum absolute atomic E-state index is 13.5. The van der Waals surface area contributed by atoms with E-state index in [0.29, 0.717) is 0 Å². The van der Waals surface area contributed by atoms with E-state index < -0.39 is 22.3 Å². The molecular weight excluding hydrogens is 408 g/mol. The summed E-state index contributed by atoms with van der Waals surface area (Å²) in [4.78, 5) is 22.5. The number of methoxy groups -OCH3 is 1. The van der Waals surface area contributed by atoms with Crippen LogP contribution in [0.15, 0.2) is 35.0 Å². The van der Waals surface area contributed by atoms with Crippen molar-refractivity contribution in [1.29, 1.82) is 0 Å². The Kier molecular flexibility index (Phi) is 6.01. The second kappa shape index (κ2) is 8.47. The van der Waals surface area contributed by atoms with Gasteiger partial charge in [0.2, 0.25) is 0 Å². The first-order valence-corrected chi connectivity index (χ1v) is 9.56. The van der Waals surface area contributed by atoms with Gasteiger partial charge in [-0.25, -0.2) is 18.7 Å². The largest absolute Gasteiger partial charge is 0.496 e. The van der Waals surface area contributed by atoms with Crippen molar-refractivity contribution in [3.8, 4) is 5.75 Å². The number of carbonyl (C=O) groups is 1. The first-order chi connectivity index (χ1) is 13.8. The summed E-state index contributed by atoms with van der Waals surface area (Å²) in [5, 5.41) is 2.61. The molecule has 1 aliphatic heterocycles. The van der Waals surface area contributed by atoms with Crippen LogP contribution in [-0.2, 0) is 10.5 Å². The number of halogens is 2. The molecule has 0 aromatic carbocycles. The molecule has 1 amide bonds. The Labute approximate surface area is 166 Å². The quantitative estimate of drug-likeness (QED) is 0.783. The average Bonchev–Trinajstić information content (AvgIpc) is 2.67. The van der Waals surface area contributed by atoms with E-state index in [1.807, 2.05) is 0 Å². The lowest BCUT2D eigenvalue weighted by Crippen LogP contribution is -2.40. The molecule has 1 aliphatic rings. The van der Waals surface area contributed by atoms with Crippen molar-refractivity contribution in [2.24, 2.45) is 4.36 Å². The van der Waals surface area contributed by atoms with Gasteiger partial charge in [0, 0.05) is 50.1 Å².